The number of carbonyl (C=O) groups is 2. The lowest BCUT2D eigenvalue weighted by Crippen LogP contribution is -2.32. The lowest BCUT2D eigenvalue weighted by Gasteiger charge is -2.14. The second-order valence-electron chi connectivity index (χ2n) is 7.00. The summed E-state index contributed by atoms with van der Waals surface area (Å²) in [5.74, 6) is -1.09. The zero-order chi connectivity index (χ0) is 22.7. The van der Waals surface area contributed by atoms with Gasteiger partial charge in [0.05, 0.1) is 12.1 Å². The fourth-order valence-corrected chi connectivity index (χ4v) is 3.32. The quantitative estimate of drug-likeness (QED) is 0.590. The number of hydrogen-bond acceptors (Lipinski definition) is 7. The Kier molecular flexibility index (Phi) is 5.92. The summed E-state index contributed by atoms with van der Waals surface area (Å²) in [6, 6.07) is 14.5. The molecule has 0 bridgehead atoms. The maximum Gasteiger partial charge on any atom is 0.287 e. The minimum Gasteiger partial charge on any atom is -0.466 e. The van der Waals surface area contributed by atoms with Gasteiger partial charge in [0.2, 0.25) is 5.88 Å². The first kappa shape index (κ1) is 21.2. The third-order valence-electron chi connectivity index (χ3n) is 4.69. The molecule has 9 heteroatoms. The molecule has 0 saturated carbocycles. The van der Waals surface area contributed by atoms with Crippen LogP contribution >= 0.6 is 11.6 Å². The highest BCUT2D eigenvalue weighted by atomic mass is 35.5. The topological polar surface area (TPSA) is 109 Å². The molecule has 2 aromatic heterocycles. The monoisotopic (exact) mass is 445 g/mol. The molecule has 0 N–H and O–H groups in total. The maximum absolute atomic E-state index is 12.5. The third kappa shape index (κ3) is 4.33. The summed E-state index contributed by atoms with van der Waals surface area (Å²) in [5, 5.41) is 15.1. The van der Waals surface area contributed by atoms with Crippen molar-refractivity contribution in [3.8, 4) is 34.3 Å². The minimum absolute atomic E-state index is 0.0282. The van der Waals surface area contributed by atoms with Gasteiger partial charge in [-0.2, -0.15) is 15.4 Å². The molecule has 0 radical (unpaired) electrons. The molecule has 32 heavy (non-hydrogen) atoms. The second kappa shape index (κ2) is 8.96. The number of halogens is 1. The third-order valence-corrected chi connectivity index (χ3v) is 4.95. The van der Waals surface area contributed by atoms with Crippen molar-refractivity contribution in [3.63, 3.8) is 0 Å². The highest BCUT2D eigenvalue weighted by molar-refractivity contribution is 6.30. The van der Waals surface area contributed by atoms with Crippen molar-refractivity contribution in [2.24, 2.45) is 5.10 Å². The van der Waals surface area contributed by atoms with E-state index >= 15 is 0 Å². The number of benzene rings is 1. The summed E-state index contributed by atoms with van der Waals surface area (Å²) in [6.07, 6.45) is 3.34. The Morgan fingerprint density at radius 1 is 1.25 bits per heavy atom. The zero-order valence-corrected chi connectivity index (χ0v) is 17.7. The van der Waals surface area contributed by atoms with E-state index in [2.05, 4.69) is 21.1 Å². The summed E-state index contributed by atoms with van der Waals surface area (Å²) >= 11 is 6.00. The smallest absolute Gasteiger partial charge is 0.287 e. The van der Waals surface area contributed by atoms with Gasteiger partial charge < -0.3 is 4.74 Å². The van der Waals surface area contributed by atoms with E-state index in [1.165, 1.54) is 0 Å². The molecule has 4 rings (SSSR count). The number of amides is 2. The molecule has 1 aliphatic heterocycles. The normalized spacial score (nSPS) is 13.0. The summed E-state index contributed by atoms with van der Waals surface area (Å²) in [4.78, 5) is 33.0. The van der Waals surface area contributed by atoms with Gasteiger partial charge in [-0.3, -0.25) is 14.6 Å². The molecule has 0 unspecified atom stereocenters. The average Bonchev–Trinajstić information content (AvgIpc) is 3.15. The van der Waals surface area contributed by atoms with Gasteiger partial charge in [0.1, 0.15) is 11.6 Å². The molecular weight excluding hydrogens is 430 g/mol. The Balaban J connectivity index is 1.74. The van der Waals surface area contributed by atoms with Gasteiger partial charge in [0.15, 0.2) is 6.61 Å². The maximum atomic E-state index is 12.5. The SMILES string of the molecule is CC1=NN(C(=O)COc2nc(-c3ccc(Cl)cc3)cc(-c3cccnc3)c2C#N)C(=O)C1. The molecule has 0 aliphatic carbocycles. The minimum atomic E-state index is -0.641. The van der Waals surface area contributed by atoms with E-state index in [9.17, 15) is 14.9 Å². The first-order valence-corrected chi connectivity index (χ1v) is 9.98. The number of ether oxygens (including phenoxy) is 1. The number of pyridine rings is 2. The number of nitrogens with zero attached hydrogens (tertiary/aromatic N) is 5. The van der Waals surface area contributed by atoms with E-state index in [1.807, 2.05) is 6.07 Å². The Morgan fingerprint density at radius 3 is 2.66 bits per heavy atom. The highest BCUT2D eigenvalue weighted by Gasteiger charge is 2.28. The number of aromatic nitrogens is 2. The van der Waals surface area contributed by atoms with E-state index in [-0.39, 0.29) is 17.9 Å². The van der Waals surface area contributed by atoms with Gasteiger partial charge in [-0.05, 0) is 31.2 Å². The molecule has 0 atom stereocenters. The molecule has 3 heterocycles. The van der Waals surface area contributed by atoms with E-state index in [4.69, 9.17) is 16.3 Å². The number of imide groups is 1. The molecule has 0 fully saturated rings. The van der Waals surface area contributed by atoms with Gasteiger partial charge in [-0.25, -0.2) is 4.98 Å². The largest absolute Gasteiger partial charge is 0.466 e. The van der Waals surface area contributed by atoms with Crippen LogP contribution in [-0.4, -0.2) is 39.1 Å². The van der Waals surface area contributed by atoms with Crippen LogP contribution in [0.1, 0.15) is 18.9 Å². The fourth-order valence-electron chi connectivity index (χ4n) is 3.19. The van der Waals surface area contributed by atoms with Crippen molar-refractivity contribution < 1.29 is 14.3 Å². The predicted octanol–water partition coefficient (Wildman–Crippen LogP) is 3.85. The van der Waals surface area contributed by atoms with Crippen LogP contribution < -0.4 is 4.74 Å². The lowest BCUT2D eigenvalue weighted by molar-refractivity contribution is -0.144. The molecule has 1 aliphatic rings. The predicted molar refractivity (Wildman–Crippen MR) is 118 cm³/mol. The molecule has 1 aromatic carbocycles. The first-order chi connectivity index (χ1) is 15.5. The van der Waals surface area contributed by atoms with E-state index in [1.54, 1.807) is 55.7 Å². The van der Waals surface area contributed by atoms with Crippen LogP contribution in [0.2, 0.25) is 5.02 Å². The van der Waals surface area contributed by atoms with Crippen LogP contribution in [0.25, 0.3) is 22.4 Å². The van der Waals surface area contributed by atoms with Crippen molar-refractivity contribution in [3.05, 3.63) is 65.4 Å². The summed E-state index contributed by atoms with van der Waals surface area (Å²) in [6.45, 7) is 1.16. The van der Waals surface area contributed by atoms with E-state index in [0.717, 1.165) is 10.6 Å². The first-order valence-electron chi connectivity index (χ1n) is 9.60. The van der Waals surface area contributed by atoms with E-state index in [0.29, 0.717) is 27.6 Å². The second-order valence-corrected chi connectivity index (χ2v) is 7.43. The Bertz CT molecular complexity index is 1270. The fraction of sp³-hybridized carbons (Fsp3) is 0.130. The molecule has 2 amide bonds. The van der Waals surface area contributed by atoms with Crippen molar-refractivity contribution in [2.45, 2.75) is 13.3 Å². The number of carbonyl (C=O) groups excluding carboxylic acids is 2. The van der Waals surface area contributed by atoms with Crippen LogP contribution in [-0.2, 0) is 9.59 Å². The van der Waals surface area contributed by atoms with Crippen molar-refractivity contribution in [1.29, 1.82) is 5.26 Å². The Morgan fingerprint density at radius 2 is 2.03 bits per heavy atom. The van der Waals surface area contributed by atoms with Crippen LogP contribution in [0.3, 0.4) is 0 Å². The number of hydrazone groups is 1. The Labute approximate surface area is 188 Å². The number of hydrogen-bond donors (Lipinski definition) is 0. The highest BCUT2D eigenvalue weighted by Crippen LogP contribution is 2.33. The van der Waals surface area contributed by atoms with Crippen LogP contribution in [0, 0.1) is 11.3 Å². The van der Waals surface area contributed by atoms with Crippen molar-refractivity contribution >= 4 is 29.1 Å². The van der Waals surface area contributed by atoms with Gasteiger partial charge in [-0.15, -0.1) is 0 Å². The standard InChI is InChI=1S/C23H16ClN5O3/c1-14-9-21(30)29(28-14)22(31)13-32-23-19(11-25)18(16-3-2-8-26-12-16)10-20(27-23)15-4-6-17(24)7-5-15/h2-8,10,12H,9,13H2,1H3. The summed E-state index contributed by atoms with van der Waals surface area (Å²) in [5.41, 5.74) is 3.20. The van der Waals surface area contributed by atoms with Crippen LogP contribution in [0.15, 0.2) is 60.0 Å². The molecule has 8 nitrogen and oxygen atoms in total. The number of rotatable bonds is 5. The number of nitriles is 1. The van der Waals surface area contributed by atoms with Crippen LogP contribution in [0.5, 0.6) is 5.88 Å². The zero-order valence-electron chi connectivity index (χ0n) is 16.9. The lowest BCUT2D eigenvalue weighted by atomic mass is 10.00. The molecule has 158 valence electrons. The molecule has 0 spiro atoms. The van der Waals surface area contributed by atoms with Crippen molar-refractivity contribution in [1.82, 2.24) is 15.0 Å². The molecule has 3 aromatic rings. The molecule has 0 saturated heterocycles. The van der Waals surface area contributed by atoms with E-state index < -0.39 is 18.4 Å². The van der Waals surface area contributed by atoms with Gasteiger partial charge in [0, 0.05) is 39.8 Å². The average molecular weight is 446 g/mol. The van der Waals surface area contributed by atoms with Gasteiger partial charge in [0.25, 0.3) is 11.8 Å². The molecular formula is C23H16ClN5O3. The van der Waals surface area contributed by atoms with Gasteiger partial charge in [-0.1, -0.05) is 29.8 Å². The Hall–Kier alpha value is -4.09. The van der Waals surface area contributed by atoms with Gasteiger partial charge >= 0.3 is 0 Å². The summed E-state index contributed by atoms with van der Waals surface area (Å²) < 4.78 is 5.64. The summed E-state index contributed by atoms with van der Waals surface area (Å²) in [7, 11) is 0. The van der Waals surface area contributed by atoms with Crippen LogP contribution in [0.4, 0.5) is 0 Å². The van der Waals surface area contributed by atoms with Crippen molar-refractivity contribution in [2.75, 3.05) is 6.61 Å².